The summed E-state index contributed by atoms with van der Waals surface area (Å²) in [4.78, 5) is 0. The lowest BCUT2D eigenvalue weighted by Gasteiger charge is -2.60. The Bertz CT molecular complexity index is 352. The number of allylic oxidation sites excluding steroid dienone is 1. The topological polar surface area (TPSA) is 12.0 Å². The molecule has 0 aromatic heterocycles. The molecule has 2 fully saturated rings. The highest BCUT2D eigenvalue weighted by Crippen LogP contribution is 2.64. The van der Waals surface area contributed by atoms with Crippen molar-refractivity contribution in [3.8, 4) is 0 Å². The van der Waals surface area contributed by atoms with Gasteiger partial charge in [0.05, 0.1) is 0 Å². The third-order valence-corrected chi connectivity index (χ3v) is 6.16. The molecule has 1 nitrogen and oxygen atoms in total. The van der Waals surface area contributed by atoms with E-state index >= 15 is 0 Å². The molecule has 0 amide bonds. The van der Waals surface area contributed by atoms with Crippen molar-refractivity contribution in [2.24, 2.45) is 10.8 Å². The smallest absolute Gasteiger partial charge is 0.00480 e. The summed E-state index contributed by atoms with van der Waals surface area (Å²) in [6.45, 7) is 5.81. The quantitative estimate of drug-likeness (QED) is 0.694. The first kappa shape index (κ1) is 14.6. The van der Waals surface area contributed by atoms with E-state index in [1.54, 1.807) is 0 Å². The molecular formula is C19H33N. The number of rotatable bonds is 4. The zero-order valence-electron chi connectivity index (χ0n) is 13.6. The Morgan fingerprint density at radius 1 is 1.05 bits per heavy atom. The summed E-state index contributed by atoms with van der Waals surface area (Å²) in [5, 5.41) is 3.77. The van der Waals surface area contributed by atoms with Crippen molar-refractivity contribution in [3.05, 3.63) is 11.6 Å². The van der Waals surface area contributed by atoms with Crippen LogP contribution in [0.15, 0.2) is 11.6 Å². The lowest BCUT2D eigenvalue weighted by Crippen LogP contribution is -2.54. The molecular weight excluding hydrogens is 242 g/mol. The molecule has 3 rings (SSSR count). The van der Waals surface area contributed by atoms with Gasteiger partial charge in [0.15, 0.2) is 0 Å². The molecule has 1 spiro atoms. The largest absolute Gasteiger partial charge is 0.314 e. The first-order valence-corrected chi connectivity index (χ1v) is 9.07. The molecule has 2 saturated carbocycles. The summed E-state index contributed by atoms with van der Waals surface area (Å²) in [6.07, 6.45) is 18.7. The Morgan fingerprint density at radius 3 is 2.40 bits per heavy atom. The highest BCUT2D eigenvalue weighted by molar-refractivity contribution is 5.25. The first-order chi connectivity index (χ1) is 9.64. The van der Waals surface area contributed by atoms with Crippen LogP contribution < -0.4 is 5.32 Å². The van der Waals surface area contributed by atoms with Crippen LogP contribution in [0.2, 0.25) is 0 Å². The third-order valence-electron chi connectivity index (χ3n) is 6.16. The van der Waals surface area contributed by atoms with Crippen LogP contribution in [0.4, 0.5) is 0 Å². The van der Waals surface area contributed by atoms with Gasteiger partial charge in [0.25, 0.3) is 0 Å². The molecule has 0 atom stereocenters. The van der Waals surface area contributed by atoms with Crippen molar-refractivity contribution < 1.29 is 0 Å². The number of hydrogen-bond donors (Lipinski definition) is 1. The van der Waals surface area contributed by atoms with Crippen molar-refractivity contribution in [2.45, 2.75) is 90.5 Å². The Labute approximate surface area is 125 Å². The highest BCUT2D eigenvalue weighted by atomic mass is 14.9. The molecule has 114 valence electrons. The van der Waals surface area contributed by atoms with E-state index in [1.165, 1.54) is 77.2 Å². The molecule has 0 bridgehead atoms. The average molecular weight is 275 g/mol. The van der Waals surface area contributed by atoms with E-state index in [0.717, 1.165) is 5.41 Å². The monoisotopic (exact) mass is 275 g/mol. The predicted octanol–water partition coefficient (Wildman–Crippen LogP) is 5.22. The second-order valence-corrected chi connectivity index (χ2v) is 8.21. The molecule has 0 unspecified atom stereocenters. The Balaban J connectivity index is 1.71. The Hall–Kier alpha value is -0.300. The van der Waals surface area contributed by atoms with Crippen molar-refractivity contribution in [2.75, 3.05) is 6.54 Å². The minimum atomic E-state index is 0.544. The van der Waals surface area contributed by atoms with Gasteiger partial charge in [-0.3, -0.25) is 0 Å². The lowest BCUT2D eigenvalue weighted by atomic mass is 9.45. The van der Waals surface area contributed by atoms with Crippen LogP contribution in [0.1, 0.15) is 84.5 Å². The first-order valence-electron chi connectivity index (χ1n) is 9.07. The maximum absolute atomic E-state index is 3.77. The standard InChI is InChI=1S/C19H33N/c1-16(2)20-15-19(17-9-5-3-6-10-17)13-18(14-19)11-7-4-8-12-18/h9,16,20H,3-8,10-15H2,1-2H3. The molecule has 0 aliphatic heterocycles. The lowest BCUT2D eigenvalue weighted by molar-refractivity contribution is -0.0445. The van der Waals surface area contributed by atoms with E-state index < -0.39 is 0 Å². The van der Waals surface area contributed by atoms with Gasteiger partial charge in [-0.15, -0.1) is 0 Å². The maximum Gasteiger partial charge on any atom is 0.00480 e. The molecule has 20 heavy (non-hydrogen) atoms. The van der Waals surface area contributed by atoms with Crippen LogP contribution in [-0.4, -0.2) is 12.6 Å². The van der Waals surface area contributed by atoms with Crippen molar-refractivity contribution >= 4 is 0 Å². The maximum atomic E-state index is 3.77. The number of hydrogen-bond acceptors (Lipinski definition) is 1. The summed E-state index contributed by atoms with van der Waals surface area (Å²) in [5.41, 5.74) is 3.12. The molecule has 0 aromatic rings. The predicted molar refractivity (Wildman–Crippen MR) is 86.9 cm³/mol. The van der Waals surface area contributed by atoms with Gasteiger partial charge in [-0.05, 0) is 56.8 Å². The number of nitrogens with one attached hydrogen (secondary N) is 1. The van der Waals surface area contributed by atoms with Gasteiger partial charge < -0.3 is 5.32 Å². The van der Waals surface area contributed by atoms with Crippen LogP contribution in [0.25, 0.3) is 0 Å². The fourth-order valence-electron chi connectivity index (χ4n) is 5.22. The molecule has 0 aromatic carbocycles. The zero-order chi connectivity index (χ0) is 14.1. The van der Waals surface area contributed by atoms with Crippen LogP contribution in [0.5, 0.6) is 0 Å². The molecule has 0 heterocycles. The van der Waals surface area contributed by atoms with E-state index in [4.69, 9.17) is 0 Å². The van der Waals surface area contributed by atoms with Crippen molar-refractivity contribution in [1.29, 1.82) is 0 Å². The zero-order valence-corrected chi connectivity index (χ0v) is 13.6. The van der Waals surface area contributed by atoms with Gasteiger partial charge >= 0.3 is 0 Å². The van der Waals surface area contributed by atoms with Crippen molar-refractivity contribution in [3.63, 3.8) is 0 Å². The van der Waals surface area contributed by atoms with E-state index in [2.05, 4.69) is 25.2 Å². The minimum Gasteiger partial charge on any atom is -0.314 e. The van der Waals surface area contributed by atoms with E-state index in [-0.39, 0.29) is 0 Å². The molecule has 1 N–H and O–H groups in total. The van der Waals surface area contributed by atoms with Gasteiger partial charge in [-0.2, -0.15) is 0 Å². The second kappa shape index (κ2) is 5.83. The summed E-state index contributed by atoms with van der Waals surface area (Å²) >= 11 is 0. The summed E-state index contributed by atoms with van der Waals surface area (Å²) in [7, 11) is 0. The Morgan fingerprint density at radius 2 is 1.80 bits per heavy atom. The molecule has 0 saturated heterocycles. The average Bonchev–Trinajstić information content (AvgIpc) is 2.44. The van der Waals surface area contributed by atoms with Gasteiger partial charge in [0.2, 0.25) is 0 Å². The van der Waals surface area contributed by atoms with Gasteiger partial charge in [0.1, 0.15) is 0 Å². The Kier molecular flexibility index (Phi) is 4.26. The fraction of sp³-hybridized carbons (Fsp3) is 0.895. The SMILES string of the molecule is CC(C)NCC1(C2=CCCCC2)CC2(CCCCC2)C1. The minimum absolute atomic E-state index is 0.544. The fourth-order valence-corrected chi connectivity index (χ4v) is 5.22. The summed E-state index contributed by atoms with van der Waals surface area (Å²) in [6, 6.07) is 0.624. The molecule has 3 aliphatic rings. The normalized spacial score (nSPS) is 28.2. The van der Waals surface area contributed by atoms with E-state index in [0.29, 0.717) is 11.5 Å². The van der Waals surface area contributed by atoms with E-state index in [9.17, 15) is 0 Å². The van der Waals surface area contributed by atoms with Crippen LogP contribution in [-0.2, 0) is 0 Å². The third kappa shape index (κ3) is 2.84. The van der Waals surface area contributed by atoms with E-state index in [1.807, 2.05) is 5.57 Å². The highest BCUT2D eigenvalue weighted by Gasteiger charge is 2.55. The van der Waals surface area contributed by atoms with Crippen LogP contribution in [0.3, 0.4) is 0 Å². The van der Waals surface area contributed by atoms with Crippen LogP contribution >= 0.6 is 0 Å². The summed E-state index contributed by atoms with van der Waals surface area (Å²) < 4.78 is 0. The van der Waals surface area contributed by atoms with Gasteiger partial charge in [0, 0.05) is 18.0 Å². The molecule has 3 aliphatic carbocycles. The van der Waals surface area contributed by atoms with Gasteiger partial charge in [-0.1, -0.05) is 44.8 Å². The molecule has 0 radical (unpaired) electrons. The second-order valence-electron chi connectivity index (χ2n) is 8.21. The summed E-state index contributed by atoms with van der Waals surface area (Å²) in [5.74, 6) is 0. The molecule has 1 heteroatoms. The van der Waals surface area contributed by atoms with Crippen molar-refractivity contribution in [1.82, 2.24) is 5.32 Å². The van der Waals surface area contributed by atoms with Crippen LogP contribution in [0, 0.1) is 10.8 Å². The van der Waals surface area contributed by atoms with Gasteiger partial charge in [-0.25, -0.2) is 0 Å².